The Labute approximate surface area is 138 Å². The molecule has 0 bridgehead atoms. The molecule has 2 aliphatic rings. The lowest BCUT2D eigenvalue weighted by molar-refractivity contribution is 0.168. The highest BCUT2D eigenvalue weighted by Crippen LogP contribution is 2.43. The van der Waals surface area contributed by atoms with E-state index in [-0.39, 0.29) is 6.61 Å². The molecule has 1 N–H and O–H groups in total. The minimum atomic E-state index is -0.463. The minimum Gasteiger partial charge on any atom is -0.493 e. The van der Waals surface area contributed by atoms with E-state index in [0.29, 0.717) is 11.8 Å². The molecule has 0 radical (unpaired) electrons. The molecule has 0 spiro atoms. The summed E-state index contributed by atoms with van der Waals surface area (Å²) < 4.78 is 11.3. The number of rotatable bonds is 6. The minimum absolute atomic E-state index is 0.222. The second-order valence-electron chi connectivity index (χ2n) is 6.94. The molecule has 1 aromatic carbocycles. The molecule has 0 heterocycles. The maximum Gasteiger partial charge on any atom is 0.161 e. The molecule has 2 fully saturated rings. The van der Waals surface area contributed by atoms with E-state index in [1.54, 1.807) is 7.11 Å². The lowest BCUT2D eigenvalue weighted by Gasteiger charge is -2.35. The molecular formula is C19H25NO3. The van der Waals surface area contributed by atoms with Crippen molar-refractivity contribution >= 4 is 0 Å². The van der Waals surface area contributed by atoms with Gasteiger partial charge < -0.3 is 14.6 Å². The van der Waals surface area contributed by atoms with E-state index in [4.69, 9.17) is 9.47 Å². The topological polar surface area (TPSA) is 62.5 Å². The van der Waals surface area contributed by atoms with Gasteiger partial charge in [0.25, 0.3) is 0 Å². The van der Waals surface area contributed by atoms with E-state index in [0.717, 1.165) is 49.4 Å². The van der Waals surface area contributed by atoms with Gasteiger partial charge in [-0.05, 0) is 68.1 Å². The molecule has 2 aliphatic carbocycles. The first-order chi connectivity index (χ1) is 11.2. The Balaban J connectivity index is 1.82. The third-order valence-corrected chi connectivity index (χ3v) is 5.32. The number of aliphatic hydroxyl groups is 1. The van der Waals surface area contributed by atoms with Crippen LogP contribution >= 0.6 is 0 Å². The summed E-state index contributed by atoms with van der Waals surface area (Å²) in [7, 11) is 1.64. The Morgan fingerprint density at radius 1 is 1.17 bits per heavy atom. The van der Waals surface area contributed by atoms with Crippen LogP contribution in [-0.4, -0.2) is 25.4 Å². The molecule has 0 aliphatic heterocycles. The summed E-state index contributed by atoms with van der Waals surface area (Å²) in [6.45, 7) is 0.950. The van der Waals surface area contributed by atoms with Crippen LogP contribution < -0.4 is 9.47 Å². The van der Waals surface area contributed by atoms with Gasteiger partial charge in [0.1, 0.15) is 0 Å². The predicted molar refractivity (Wildman–Crippen MR) is 87.5 cm³/mol. The van der Waals surface area contributed by atoms with Crippen LogP contribution in [0, 0.1) is 23.2 Å². The van der Waals surface area contributed by atoms with Crippen LogP contribution in [0.4, 0.5) is 0 Å². The fraction of sp³-hybridized carbons (Fsp3) is 0.632. The van der Waals surface area contributed by atoms with Crippen LogP contribution in [0.3, 0.4) is 0 Å². The Morgan fingerprint density at radius 3 is 2.48 bits per heavy atom. The van der Waals surface area contributed by atoms with E-state index in [1.807, 2.05) is 18.2 Å². The Morgan fingerprint density at radius 2 is 1.91 bits per heavy atom. The number of benzene rings is 1. The summed E-state index contributed by atoms with van der Waals surface area (Å²) in [5.74, 6) is 2.48. The zero-order valence-corrected chi connectivity index (χ0v) is 13.8. The largest absolute Gasteiger partial charge is 0.493 e. The van der Waals surface area contributed by atoms with Gasteiger partial charge >= 0.3 is 0 Å². The first kappa shape index (κ1) is 16.1. The number of aliphatic hydroxyl groups excluding tert-OH is 1. The lowest BCUT2D eigenvalue weighted by Crippen LogP contribution is -2.31. The molecule has 4 nitrogen and oxygen atoms in total. The van der Waals surface area contributed by atoms with Crippen molar-refractivity contribution in [2.75, 3.05) is 20.3 Å². The molecule has 3 rings (SSSR count). The fourth-order valence-electron chi connectivity index (χ4n) is 3.40. The van der Waals surface area contributed by atoms with Crippen LogP contribution in [0.25, 0.3) is 0 Å². The highest BCUT2D eigenvalue weighted by Gasteiger charge is 2.37. The number of hydrogen-bond donors (Lipinski definition) is 1. The van der Waals surface area contributed by atoms with E-state index in [1.165, 1.54) is 12.8 Å². The standard InChI is InChI=1S/C19H25NO3/c1-22-17-5-4-16(10-18(17)23-12-15-2-3-15)19(13-20)8-6-14(11-21)7-9-19/h4-5,10,14-15,21H,2-3,6-9,11-12H2,1H3. The average Bonchev–Trinajstić information content (AvgIpc) is 3.44. The molecule has 0 saturated heterocycles. The van der Waals surface area contributed by atoms with Gasteiger partial charge in [0, 0.05) is 6.61 Å². The maximum atomic E-state index is 9.81. The highest BCUT2D eigenvalue weighted by molar-refractivity contribution is 5.47. The number of ether oxygens (including phenoxy) is 2. The van der Waals surface area contributed by atoms with Crippen LogP contribution in [-0.2, 0) is 5.41 Å². The maximum absolute atomic E-state index is 9.81. The Hall–Kier alpha value is -1.73. The van der Waals surface area contributed by atoms with Crippen molar-refractivity contribution in [2.24, 2.45) is 11.8 Å². The van der Waals surface area contributed by atoms with Crippen LogP contribution in [0.15, 0.2) is 18.2 Å². The first-order valence-electron chi connectivity index (χ1n) is 8.54. The first-order valence-corrected chi connectivity index (χ1v) is 8.54. The smallest absolute Gasteiger partial charge is 0.161 e. The van der Waals surface area contributed by atoms with Crippen LogP contribution in [0.5, 0.6) is 11.5 Å². The van der Waals surface area contributed by atoms with Gasteiger partial charge in [-0.1, -0.05) is 6.07 Å². The number of hydrogen-bond acceptors (Lipinski definition) is 4. The predicted octanol–water partition coefficient (Wildman–Crippen LogP) is 3.43. The highest BCUT2D eigenvalue weighted by atomic mass is 16.5. The SMILES string of the molecule is COc1ccc(C2(C#N)CCC(CO)CC2)cc1OCC1CC1. The van der Waals surface area contributed by atoms with Gasteiger partial charge in [-0.3, -0.25) is 0 Å². The van der Waals surface area contributed by atoms with Crippen molar-refractivity contribution in [1.29, 1.82) is 5.26 Å². The zero-order valence-electron chi connectivity index (χ0n) is 13.8. The van der Waals surface area contributed by atoms with Crippen molar-refractivity contribution in [1.82, 2.24) is 0 Å². The third-order valence-electron chi connectivity index (χ3n) is 5.32. The molecule has 0 aromatic heterocycles. The van der Waals surface area contributed by atoms with Crippen molar-refractivity contribution in [2.45, 2.75) is 43.9 Å². The van der Waals surface area contributed by atoms with Gasteiger partial charge in [0.2, 0.25) is 0 Å². The van der Waals surface area contributed by atoms with Crippen molar-refractivity contribution in [3.8, 4) is 17.6 Å². The van der Waals surface area contributed by atoms with Crippen LogP contribution in [0.1, 0.15) is 44.1 Å². The van der Waals surface area contributed by atoms with Gasteiger partial charge in [-0.2, -0.15) is 5.26 Å². The Bertz CT molecular complexity index is 581. The summed E-state index contributed by atoms with van der Waals surface area (Å²) in [4.78, 5) is 0. The van der Waals surface area contributed by atoms with Gasteiger partial charge in [-0.15, -0.1) is 0 Å². The molecule has 124 valence electrons. The van der Waals surface area contributed by atoms with E-state index in [2.05, 4.69) is 6.07 Å². The quantitative estimate of drug-likeness (QED) is 0.873. The normalized spacial score (nSPS) is 27.3. The molecule has 0 unspecified atom stereocenters. The van der Waals surface area contributed by atoms with E-state index < -0.39 is 5.41 Å². The second-order valence-corrected chi connectivity index (χ2v) is 6.94. The Kier molecular flexibility index (Phi) is 4.77. The third kappa shape index (κ3) is 3.45. The van der Waals surface area contributed by atoms with Crippen LogP contribution in [0.2, 0.25) is 0 Å². The summed E-state index contributed by atoms with van der Waals surface area (Å²) in [6, 6.07) is 8.43. The van der Waals surface area contributed by atoms with Gasteiger partial charge in [0.05, 0.1) is 25.2 Å². The van der Waals surface area contributed by atoms with Crippen molar-refractivity contribution in [3.05, 3.63) is 23.8 Å². The zero-order chi connectivity index (χ0) is 16.3. The van der Waals surface area contributed by atoms with Crippen molar-refractivity contribution < 1.29 is 14.6 Å². The second kappa shape index (κ2) is 6.80. The van der Waals surface area contributed by atoms with E-state index in [9.17, 15) is 10.4 Å². The molecule has 2 saturated carbocycles. The van der Waals surface area contributed by atoms with Gasteiger partial charge in [-0.25, -0.2) is 0 Å². The number of methoxy groups -OCH3 is 1. The van der Waals surface area contributed by atoms with E-state index >= 15 is 0 Å². The summed E-state index contributed by atoms with van der Waals surface area (Å²) >= 11 is 0. The molecule has 23 heavy (non-hydrogen) atoms. The molecule has 4 heteroatoms. The molecule has 1 aromatic rings. The monoisotopic (exact) mass is 315 g/mol. The van der Waals surface area contributed by atoms with Gasteiger partial charge in [0.15, 0.2) is 11.5 Å². The number of nitriles is 1. The average molecular weight is 315 g/mol. The summed E-state index contributed by atoms with van der Waals surface area (Å²) in [5.41, 5.74) is 0.554. The molecule has 0 atom stereocenters. The molecular weight excluding hydrogens is 290 g/mol. The fourth-order valence-corrected chi connectivity index (χ4v) is 3.40. The summed E-state index contributed by atoms with van der Waals surface area (Å²) in [5, 5.41) is 19.1. The molecule has 0 amide bonds. The van der Waals surface area contributed by atoms with Crippen molar-refractivity contribution in [3.63, 3.8) is 0 Å². The summed E-state index contributed by atoms with van der Waals surface area (Å²) in [6.07, 6.45) is 5.87. The lowest BCUT2D eigenvalue weighted by atomic mass is 9.67. The number of nitrogens with zero attached hydrogens (tertiary/aromatic N) is 1.